The van der Waals surface area contributed by atoms with Gasteiger partial charge in [0.1, 0.15) is 0 Å². The van der Waals surface area contributed by atoms with Crippen LogP contribution in [0.2, 0.25) is 10.0 Å². The predicted molar refractivity (Wildman–Crippen MR) is 91.2 cm³/mol. The van der Waals surface area contributed by atoms with E-state index in [9.17, 15) is 0 Å². The van der Waals surface area contributed by atoms with Crippen LogP contribution >= 0.6 is 23.2 Å². The molecule has 2 rings (SSSR count). The molecule has 0 amide bonds. The molecular formula is C16H25Cl2N3. The molecule has 2 N–H and O–H groups in total. The van der Waals surface area contributed by atoms with E-state index in [-0.39, 0.29) is 6.04 Å². The van der Waals surface area contributed by atoms with Gasteiger partial charge in [0.15, 0.2) is 0 Å². The molecule has 1 atom stereocenters. The van der Waals surface area contributed by atoms with Gasteiger partial charge >= 0.3 is 0 Å². The molecule has 5 heteroatoms. The van der Waals surface area contributed by atoms with Crippen molar-refractivity contribution in [2.45, 2.75) is 31.8 Å². The molecule has 1 aliphatic heterocycles. The van der Waals surface area contributed by atoms with Crippen LogP contribution in [0.25, 0.3) is 0 Å². The van der Waals surface area contributed by atoms with E-state index in [1.54, 1.807) is 0 Å². The molecule has 1 aliphatic rings. The largest absolute Gasteiger partial charge is 0.329 e. The molecule has 1 aromatic carbocycles. The van der Waals surface area contributed by atoms with Crippen LogP contribution in [0.3, 0.4) is 0 Å². The van der Waals surface area contributed by atoms with Crippen molar-refractivity contribution < 1.29 is 0 Å². The SMILES string of the molecule is CCN1CCC(N(C)C(CN)c2cc(Cl)ccc2Cl)CC1. The summed E-state index contributed by atoms with van der Waals surface area (Å²) in [5.74, 6) is 0. The number of likely N-dealkylation sites (tertiary alicyclic amines) is 1. The lowest BCUT2D eigenvalue weighted by molar-refractivity contribution is 0.101. The number of rotatable bonds is 5. The maximum absolute atomic E-state index is 6.35. The highest BCUT2D eigenvalue weighted by molar-refractivity contribution is 6.33. The number of nitrogens with zero attached hydrogens (tertiary/aromatic N) is 2. The van der Waals surface area contributed by atoms with Crippen LogP contribution in [0, 0.1) is 0 Å². The fraction of sp³-hybridized carbons (Fsp3) is 0.625. The first-order valence-electron chi connectivity index (χ1n) is 7.66. The lowest BCUT2D eigenvalue weighted by atomic mass is 9.98. The number of hydrogen-bond donors (Lipinski definition) is 1. The third-order valence-corrected chi connectivity index (χ3v) is 5.19. The number of likely N-dealkylation sites (N-methyl/N-ethyl adjacent to an activating group) is 1. The smallest absolute Gasteiger partial charge is 0.0485 e. The van der Waals surface area contributed by atoms with E-state index in [0.717, 1.165) is 30.2 Å². The van der Waals surface area contributed by atoms with Crippen molar-refractivity contribution in [3.63, 3.8) is 0 Å². The standard InChI is InChI=1S/C16H25Cl2N3/c1-3-21-8-6-13(7-9-21)20(2)16(11-19)14-10-12(17)4-5-15(14)18/h4-5,10,13,16H,3,6-9,11,19H2,1-2H3. The zero-order valence-corrected chi connectivity index (χ0v) is 14.4. The highest BCUT2D eigenvalue weighted by Gasteiger charge is 2.27. The summed E-state index contributed by atoms with van der Waals surface area (Å²) in [7, 11) is 2.15. The van der Waals surface area contributed by atoms with Gasteiger partial charge < -0.3 is 10.6 Å². The Hall–Kier alpha value is -0.320. The second-order valence-electron chi connectivity index (χ2n) is 5.75. The van der Waals surface area contributed by atoms with Crippen LogP contribution in [0.1, 0.15) is 31.4 Å². The molecule has 3 nitrogen and oxygen atoms in total. The zero-order valence-electron chi connectivity index (χ0n) is 12.9. The van der Waals surface area contributed by atoms with E-state index in [1.807, 2.05) is 18.2 Å². The monoisotopic (exact) mass is 329 g/mol. The van der Waals surface area contributed by atoms with Gasteiger partial charge in [-0.15, -0.1) is 0 Å². The minimum absolute atomic E-state index is 0.120. The first-order chi connectivity index (χ1) is 10.1. The molecule has 0 bridgehead atoms. The van der Waals surface area contributed by atoms with Crippen molar-refractivity contribution in [3.05, 3.63) is 33.8 Å². The van der Waals surface area contributed by atoms with Gasteiger partial charge in [0, 0.05) is 28.7 Å². The van der Waals surface area contributed by atoms with E-state index < -0.39 is 0 Å². The Balaban J connectivity index is 2.11. The second kappa shape index (κ2) is 7.80. The summed E-state index contributed by atoms with van der Waals surface area (Å²) in [6.45, 7) is 6.22. The molecule has 1 unspecified atom stereocenters. The van der Waals surface area contributed by atoms with Crippen molar-refractivity contribution in [2.75, 3.05) is 33.2 Å². The molecule has 118 valence electrons. The molecule has 1 aromatic rings. The van der Waals surface area contributed by atoms with Gasteiger partial charge in [-0.05, 0) is 63.3 Å². The molecule has 1 saturated heterocycles. The Morgan fingerprint density at radius 1 is 1.33 bits per heavy atom. The zero-order chi connectivity index (χ0) is 15.4. The molecule has 1 heterocycles. The lowest BCUT2D eigenvalue weighted by Gasteiger charge is -2.40. The van der Waals surface area contributed by atoms with Gasteiger partial charge in [-0.1, -0.05) is 30.1 Å². The van der Waals surface area contributed by atoms with E-state index in [1.165, 1.54) is 12.8 Å². The fourth-order valence-corrected chi connectivity index (χ4v) is 3.60. The Bertz CT molecular complexity index is 459. The highest BCUT2D eigenvalue weighted by Crippen LogP contribution is 2.31. The molecule has 1 fully saturated rings. The Kier molecular flexibility index (Phi) is 6.33. The Labute approximate surface area is 138 Å². The van der Waals surface area contributed by atoms with Gasteiger partial charge in [0.05, 0.1) is 0 Å². The molecule has 0 aromatic heterocycles. The van der Waals surface area contributed by atoms with Crippen LogP contribution < -0.4 is 5.73 Å². The van der Waals surface area contributed by atoms with Crippen LogP contribution in [0.5, 0.6) is 0 Å². The lowest BCUT2D eigenvalue weighted by Crippen LogP contribution is -2.46. The molecule has 0 spiro atoms. The van der Waals surface area contributed by atoms with Gasteiger partial charge in [-0.3, -0.25) is 4.90 Å². The molecule has 0 radical (unpaired) electrons. The van der Waals surface area contributed by atoms with Crippen LogP contribution in [-0.2, 0) is 0 Å². The summed E-state index contributed by atoms with van der Waals surface area (Å²) in [5.41, 5.74) is 7.07. The predicted octanol–water partition coefficient (Wildman–Crippen LogP) is 3.41. The van der Waals surface area contributed by atoms with Crippen molar-refractivity contribution in [1.29, 1.82) is 0 Å². The minimum atomic E-state index is 0.120. The number of halogens is 2. The summed E-state index contributed by atoms with van der Waals surface area (Å²) < 4.78 is 0. The van der Waals surface area contributed by atoms with Gasteiger partial charge in [0.25, 0.3) is 0 Å². The molecule has 0 saturated carbocycles. The average molecular weight is 330 g/mol. The Morgan fingerprint density at radius 3 is 2.57 bits per heavy atom. The van der Waals surface area contributed by atoms with Gasteiger partial charge in [-0.2, -0.15) is 0 Å². The van der Waals surface area contributed by atoms with E-state index in [4.69, 9.17) is 28.9 Å². The molecule has 0 aliphatic carbocycles. The summed E-state index contributed by atoms with van der Waals surface area (Å²) in [6, 6.07) is 6.29. The summed E-state index contributed by atoms with van der Waals surface area (Å²) in [5, 5.41) is 1.45. The van der Waals surface area contributed by atoms with E-state index >= 15 is 0 Å². The highest BCUT2D eigenvalue weighted by atomic mass is 35.5. The molecule has 21 heavy (non-hydrogen) atoms. The normalized spacial score (nSPS) is 19.1. The van der Waals surface area contributed by atoms with Crippen LogP contribution in [-0.4, -0.2) is 49.1 Å². The third kappa shape index (κ3) is 4.11. The van der Waals surface area contributed by atoms with Gasteiger partial charge in [-0.25, -0.2) is 0 Å². The second-order valence-corrected chi connectivity index (χ2v) is 6.59. The first-order valence-corrected chi connectivity index (χ1v) is 8.41. The van der Waals surface area contributed by atoms with Crippen LogP contribution in [0.4, 0.5) is 0 Å². The van der Waals surface area contributed by atoms with Crippen molar-refractivity contribution in [3.8, 4) is 0 Å². The fourth-order valence-electron chi connectivity index (χ4n) is 3.18. The summed E-state index contributed by atoms with van der Waals surface area (Å²) >= 11 is 12.5. The minimum Gasteiger partial charge on any atom is -0.329 e. The first kappa shape index (κ1) is 17.0. The third-order valence-electron chi connectivity index (χ3n) is 4.61. The maximum Gasteiger partial charge on any atom is 0.0485 e. The van der Waals surface area contributed by atoms with E-state index in [0.29, 0.717) is 17.6 Å². The topological polar surface area (TPSA) is 32.5 Å². The van der Waals surface area contributed by atoms with Crippen LogP contribution in [0.15, 0.2) is 18.2 Å². The maximum atomic E-state index is 6.35. The van der Waals surface area contributed by atoms with Crippen molar-refractivity contribution in [2.24, 2.45) is 5.73 Å². The molecular weight excluding hydrogens is 305 g/mol. The summed E-state index contributed by atoms with van der Waals surface area (Å²) in [6.07, 6.45) is 2.36. The van der Waals surface area contributed by atoms with E-state index in [2.05, 4.69) is 23.8 Å². The van der Waals surface area contributed by atoms with Crippen molar-refractivity contribution in [1.82, 2.24) is 9.80 Å². The number of nitrogens with two attached hydrogens (primary N) is 1. The number of hydrogen-bond acceptors (Lipinski definition) is 3. The van der Waals surface area contributed by atoms with Crippen molar-refractivity contribution >= 4 is 23.2 Å². The van der Waals surface area contributed by atoms with Gasteiger partial charge in [0.2, 0.25) is 0 Å². The summed E-state index contributed by atoms with van der Waals surface area (Å²) in [4.78, 5) is 4.87. The Morgan fingerprint density at radius 2 is 2.00 bits per heavy atom. The quantitative estimate of drug-likeness (QED) is 0.898. The number of piperidine rings is 1. The number of benzene rings is 1. The average Bonchev–Trinajstić information content (AvgIpc) is 2.51.